The molecule has 0 spiro atoms. The zero-order valence-electron chi connectivity index (χ0n) is 6.32. The smallest absolute Gasteiger partial charge is 0.130 e. The van der Waals surface area contributed by atoms with Crippen molar-refractivity contribution in [2.24, 2.45) is 0 Å². The Balaban J connectivity index is 3.31. The molecule has 0 fully saturated rings. The van der Waals surface area contributed by atoms with Crippen LogP contribution in [0.1, 0.15) is 19.8 Å². The number of unbranched alkanes of at least 4 members (excludes halogenated alkanes) is 1. The molecule has 58 valence electrons. The Morgan fingerprint density at radius 3 is 2.50 bits per heavy atom. The van der Waals surface area contributed by atoms with Crippen molar-refractivity contribution < 1.29 is 4.74 Å². The second-order valence-corrected chi connectivity index (χ2v) is 2.49. The SMILES string of the molecule is C=C(Cl)C(=C)OCCCC. The normalized spacial score (nSPS) is 9.00. The van der Waals surface area contributed by atoms with E-state index in [4.69, 9.17) is 16.3 Å². The summed E-state index contributed by atoms with van der Waals surface area (Å²) in [6, 6.07) is 0. The third kappa shape index (κ3) is 4.45. The van der Waals surface area contributed by atoms with Crippen LogP contribution >= 0.6 is 11.6 Å². The highest BCUT2D eigenvalue weighted by Gasteiger charge is 1.94. The maximum atomic E-state index is 5.49. The minimum absolute atomic E-state index is 0.385. The maximum absolute atomic E-state index is 5.49. The summed E-state index contributed by atoms with van der Waals surface area (Å²) in [6.45, 7) is 9.83. The van der Waals surface area contributed by atoms with Gasteiger partial charge >= 0.3 is 0 Å². The highest BCUT2D eigenvalue weighted by molar-refractivity contribution is 6.31. The summed E-state index contributed by atoms with van der Waals surface area (Å²) < 4.78 is 5.12. The Labute approximate surface area is 67.3 Å². The van der Waals surface area contributed by atoms with Crippen molar-refractivity contribution in [1.29, 1.82) is 0 Å². The number of hydrogen-bond acceptors (Lipinski definition) is 1. The molecule has 0 radical (unpaired) electrons. The first-order valence-corrected chi connectivity index (χ1v) is 3.72. The van der Waals surface area contributed by atoms with Gasteiger partial charge in [-0.25, -0.2) is 0 Å². The molecule has 0 rings (SSSR count). The molecule has 1 nitrogen and oxygen atoms in total. The molecule has 0 heterocycles. The summed E-state index contributed by atoms with van der Waals surface area (Å²) >= 11 is 5.49. The molecule has 0 aromatic heterocycles. The van der Waals surface area contributed by atoms with Crippen LogP contribution in [0.4, 0.5) is 0 Å². The van der Waals surface area contributed by atoms with Crippen molar-refractivity contribution in [2.45, 2.75) is 19.8 Å². The molecule has 0 atom stereocenters. The summed E-state index contributed by atoms with van der Waals surface area (Å²) in [5.41, 5.74) is 0. The lowest BCUT2D eigenvalue weighted by molar-refractivity contribution is 0.219. The second kappa shape index (κ2) is 5.36. The molecule has 0 aliphatic rings. The molecule has 0 aromatic rings. The van der Waals surface area contributed by atoms with E-state index < -0.39 is 0 Å². The van der Waals surface area contributed by atoms with Gasteiger partial charge in [-0.1, -0.05) is 38.1 Å². The average molecular weight is 161 g/mol. The minimum atomic E-state index is 0.385. The molecule has 0 aliphatic heterocycles. The van der Waals surface area contributed by atoms with Gasteiger partial charge < -0.3 is 4.74 Å². The maximum Gasteiger partial charge on any atom is 0.130 e. The summed E-state index contributed by atoms with van der Waals surface area (Å²) in [6.07, 6.45) is 2.14. The fourth-order valence-electron chi connectivity index (χ4n) is 0.418. The summed E-state index contributed by atoms with van der Waals surface area (Å²) in [4.78, 5) is 0. The zero-order chi connectivity index (χ0) is 7.98. The van der Waals surface area contributed by atoms with Crippen molar-refractivity contribution in [2.75, 3.05) is 6.61 Å². The molecule has 0 unspecified atom stereocenters. The first-order valence-electron chi connectivity index (χ1n) is 3.35. The van der Waals surface area contributed by atoms with Crippen LogP contribution in [0.5, 0.6) is 0 Å². The Morgan fingerprint density at radius 1 is 1.50 bits per heavy atom. The Kier molecular flexibility index (Phi) is 5.13. The third-order valence-electron chi connectivity index (χ3n) is 1.08. The molecular weight excluding hydrogens is 148 g/mol. The predicted octanol–water partition coefficient (Wildman–Crippen LogP) is 3.07. The van der Waals surface area contributed by atoms with Crippen LogP contribution in [0, 0.1) is 0 Å². The summed E-state index contributed by atoms with van der Waals surface area (Å²) in [7, 11) is 0. The summed E-state index contributed by atoms with van der Waals surface area (Å²) in [5, 5.41) is 0.385. The van der Waals surface area contributed by atoms with E-state index in [1.54, 1.807) is 0 Å². The molecule has 0 N–H and O–H groups in total. The van der Waals surface area contributed by atoms with Crippen LogP contribution in [-0.2, 0) is 4.74 Å². The van der Waals surface area contributed by atoms with Gasteiger partial charge in [-0.2, -0.15) is 0 Å². The molecule has 0 saturated carbocycles. The lowest BCUT2D eigenvalue weighted by Crippen LogP contribution is -1.92. The number of rotatable bonds is 5. The van der Waals surface area contributed by atoms with Gasteiger partial charge in [-0.05, 0) is 6.42 Å². The van der Waals surface area contributed by atoms with E-state index in [0.29, 0.717) is 17.4 Å². The van der Waals surface area contributed by atoms with Gasteiger partial charge in [0, 0.05) is 0 Å². The average Bonchev–Trinajstić information content (AvgIpc) is 1.88. The van der Waals surface area contributed by atoms with E-state index in [2.05, 4.69) is 20.1 Å². The lowest BCUT2D eigenvalue weighted by Gasteiger charge is -2.05. The van der Waals surface area contributed by atoms with Crippen LogP contribution in [0.15, 0.2) is 23.9 Å². The van der Waals surface area contributed by atoms with Gasteiger partial charge in [0.1, 0.15) is 5.76 Å². The van der Waals surface area contributed by atoms with E-state index in [-0.39, 0.29) is 0 Å². The van der Waals surface area contributed by atoms with Crippen LogP contribution in [-0.4, -0.2) is 6.61 Å². The Bertz CT molecular complexity index is 129. The van der Waals surface area contributed by atoms with E-state index in [1.807, 2.05) is 0 Å². The fourth-order valence-corrected chi connectivity index (χ4v) is 0.473. The first kappa shape index (κ1) is 9.57. The van der Waals surface area contributed by atoms with Gasteiger partial charge in [-0.3, -0.25) is 0 Å². The van der Waals surface area contributed by atoms with Crippen LogP contribution < -0.4 is 0 Å². The highest BCUT2D eigenvalue weighted by Crippen LogP contribution is 2.10. The van der Waals surface area contributed by atoms with Gasteiger partial charge in [0.25, 0.3) is 0 Å². The van der Waals surface area contributed by atoms with Crippen molar-refractivity contribution in [3.63, 3.8) is 0 Å². The Hall–Kier alpha value is -0.430. The number of halogens is 1. The molecule has 2 heteroatoms. The van der Waals surface area contributed by atoms with E-state index in [1.165, 1.54) is 0 Å². The van der Waals surface area contributed by atoms with Crippen molar-refractivity contribution >= 4 is 11.6 Å². The topological polar surface area (TPSA) is 9.23 Å². The standard InChI is InChI=1S/C8H13ClO/c1-4-5-6-10-8(3)7(2)9/h2-6H2,1H3. The fraction of sp³-hybridized carbons (Fsp3) is 0.500. The second-order valence-electron chi connectivity index (χ2n) is 2.03. The van der Waals surface area contributed by atoms with Crippen LogP contribution in [0.2, 0.25) is 0 Å². The quantitative estimate of drug-likeness (QED) is 0.341. The lowest BCUT2D eigenvalue weighted by atomic mass is 10.4. The molecule has 0 aliphatic carbocycles. The van der Waals surface area contributed by atoms with E-state index in [9.17, 15) is 0 Å². The molecule has 0 bridgehead atoms. The largest absolute Gasteiger partial charge is 0.493 e. The van der Waals surface area contributed by atoms with E-state index in [0.717, 1.165) is 12.8 Å². The van der Waals surface area contributed by atoms with Crippen molar-refractivity contribution in [3.05, 3.63) is 23.9 Å². The third-order valence-corrected chi connectivity index (χ3v) is 1.29. The molecular formula is C8H13ClO. The van der Waals surface area contributed by atoms with Crippen LogP contribution in [0.25, 0.3) is 0 Å². The van der Waals surface area contributed by atoms with Crippen LogP contribution in [0.3, 0.4) is 0 Å². The molecule has 0 aromatic carbocycles. The summed E-state index contributed by atoms with van der Waals surface area (Å²) in [5.74, 6) is 0.482. The number of allylic oxidation sites excluding steroid dienone is 1. The molecule has 0 saturated heterocycles. The monoisotopic (exact) mass is 160 g/mol. The molecule has 0 amide bonds. The number of hydrogen-bond donors (Lipinski definition) is 0. The highest BCUT2D eigenvalue weighted by atomic mass is 35.5. The van der Waals surface area contributed by atoms with Gasteiger partial charge in [0.2, 0.25) is 0 Å². The van der Waals surface area contributed by atoms with Gasteiger partial charge in [0.15, 0.2) is 0 Å². The number of ether oxygens (including phenoxy) is 1. The zero-order valence-corrected chi connectivity index (χ0v) is 7.08. The van der Waals surface area contributed by atoms with Gasteiger partial charge in [-0.15, -0.1) is 0 Å². The van der Waals surface area contributed by atoms with Crippen molar-refractivity contribution in [1.82, 2.24) is 0 Å². The molecule has 10 heavy (non-hydrogen) atoms. The van der Waals surface area contributed by atoms with Crippen molar-refractivity contribution in [3.8, 4) is 0 Å². The first-order chi connectivity index (χ1) is 4.68. The Morgan fingerprint density at radius 2 is 2.10 bits per heavy atom. The van der Waals surface area contributed by atoms with E-state index >= 15 is 0 Å². The minimum Gasteiger partial charge on any atom is -0.493 e. The van der Waals surface area contributed by atoms with Gasteiger partial charge in [0.05, 0.1) is 11.6 Å². The predicted molar refractivity (Wildman–Crippen MR) is 45.0 cm³/mol.